The highest BCUT2D eigenvalue weighted by Gasteiger charge is 2.47. The zero-order valence-electron chi connectivity index (χ0n) is 21.5. The second-order valence-corrected chi connectivity index (χ2v) is 10.3. The molecular weight excluding hydrogens is 537 g/mol. The van der Waals surface area contributed by atoms with Gasteiger partial charge < -0.3 is 9.80 Å². The van der Waals surface area contributed by atoms with E-state index in [2.05, 4.69) is 0 Å². The molecule has 2 unspecified atom stereocenters. The van der Waals surface area contributed by atoms with Gasteiger partial charge in [-0.05, 0) is 59.8 Å². The zero-order chi connectivity index (χ0) is 27.6. The molecule has 198 valence electrons. The molecule has 0 aliphatic carbocycles. The summed E-state index contributed by atoms with van der Waals surface area (Å²) < 4.78 is 0. The number of carbonyl (C=O) groups excluding carboxylic acids is 2. The third-order valence-corrected chi connectivity index (χ3v) is 8.08. The van der Waals surface area contributed by atoms with Crippen molar-refractivity contribution in [1.29, 1.82) is 0 Å². The molecule has 0 radical (unpaired) electrons. The minimum atomic E-state index is -0.582. The van der Waals surface area contributed by atoms with E-state index in [0.717, 1.165) is 22.5 Å². The van der Waals surface area contributed by atoms with E-state index in [9.17, 15) is 9.59 Å². The van der Waals surface area contributed by atoms with Gasteiger partial charge in [0.1, 0.15) is 12.1 Å². The number of thiocarbonyl (C=S) groups is 2. The molecule has 0 bridgehead atoms. The summed E-state index contributed by atoms with van der Waals surface area (Å²) in [6, 6.07) is 37.1. The van der Waals surface area contributed by atoms with Crippen molar-refractivity contribution in [3.63, 3.8) is 0 Å². The third kappa shape index (κ3) is 4.55. The lowest BCUT2D eigenvalue weighted by molar-refractivity contribution is -0.121. The fourth-order valence-corrected chi connectivity index (χ4v) is 6.17. The van der Waals surface area contributed by atoms with Crippen molar-refractivity contribution in [1.82, 2.24) is 9.80 Å². The van der Waals surface area contributed by atoms with Gasteiger partial charge in [0.05, 0.1) is 11.4 Å². The number of para-hydroxylation sites is 2. The summed E-state index contributed by atoms with van der Waals surface area (Å²) in [6.45, 7) is 0.791. The van der Waals surface area contributed by atoms with Gasteiger partial charge in [-0.2, -0.15) is 0 Å². The highest BCUT2D eigenvalue weighted by Crippen LogP contribution is 2.37. The number of amides is 2. The first kappa shape index (κ1) is 25.9. The Kier molecular flexibility index (Phi) is 7.11. The lowest BCUT2D eigenvalue weighted by Gasteiger charge is -2.30. The van der Waals surface area contributed by atoms with Crippen molar-refractivity contribution < 1.29 is 9.59 Å². The van der Waals surface area contributed by atoms with Gasteiger partial charge in [-0.3, -0.25) is 19.4 Å². The van der Waals surface area contributed by atoms with E-state index < -0.39 is 12.1 Å². The van der Waals surface area contributed by atoms with Crippen LogP contribution in [0.3, 0.4) is 0 Å². The normalized spacial score (nSPS) is 19.2. The summed E-state index contributed by atoms with van der Waals surface area (Å²) in [6.07, 6.45) is 0. The molecule has 2 saturated heterocycles. The topological polar surface area (TPSA) is 47.1 Å². The number of benzene rings is 4. The second-order valence-electron chi connectivity index (χ2n) is 9.60. The lowest BCUT2D eigenvalue weighted by Crippen LogP contribution is -2.41. The molecule has 0 aromatic heterocycles. The van der Waals surface area contributed by atoms with Crippen molar-refractivity contribution in [2.24, 2.45) is 0 Å². The van der Waals surface area contributed by atoms with E-state index in [1.165, 1.54) is 0 Å². The number of carbonyl (C=O) groups is 2. The maximum Gasteiger partial charge on any atom is 0.260 e. The van der Waals surface area contributed by atoms with Crippen LogP contribution < -0.4 is 9.80 Å². The van der Waals surface area contributed by atoms with Crippen LogP contribution in [-0.2, 0) is 9.59 Å². The molecule has 8 heteroatoms. The van der Waals surface area contributed by atoms with Gasteiger partial charge in [0.2, 0.25) is 0 Å². The number of rotatable bonds is 7. The smallest absolute Gasteiger partial charge is 0.260 e. The summed E-state index contributed by atoms with van der Waals surface area (Å²) in [5, 5.41) is 0.857. The van der Waals surface area contributed by atoms with E-state index in [-0.39, 0.29) is 11.8 Å². The Morgan fingerprint density at radius 3 is 1.10 bits per heavy atom. The predicted octanol–water partition coefficient (Wildman–Crippen LogP) is 5.74. The number of hydrogen-bond acceptors (Lipinski definition) is 4. The summed E-state index contributed by atoms with van der Waals surface area (Å²) in [4.78, 5) is 34.8. The van der Waals surface area contributed by atoms with E-state index >= 15 is 0 Å². The summed E-state index contributed by atoms with van der Waals surface area (Å²) in [5.41, 5.74) is 3.17. The van der Waals surface area contributed by atoms with Crippen LogP contribution in [0.2, 0.25) is 0 Å². The van der Waals surface area contributed by atoms with E-state index in [4.69, 9.17) is 24.4 Å². The van der Waals surface area contributed by atoms with Gasteiger partial charge in [0, 0.05) is 13.1 Å². The Morgan fingerprint density at radius 1 is 0.475 bits per heavy atom. The highest BCUT2D eigenvalue weighted by molar-refractivity contribution is 7.80. The second kappa shape index (κ2) is 11.0. The molecule has 0 spiro atoms. The average Bonchev–Trinajstić information content (AvgIpc) is 3.40. The van der Waals surface area contributed by atoms with Gasteiger partial charge in [0.15, 0.2) is 10.2 Å². The van der Waals surface area contributed by atoms with Crippen LogP contribution in [0.25, 0.3) is 0 Å². The first-order valence-electron chi connectivity index (χ1n) is 13.1. The monoisotopic (exact) mass is 562 g/mol. The molecule has 2 aliphatic rings. The van der Waals surface area contributed by atoms with Crippen molar-refractivity contribution in [2.45, 2.75) is 12.1 Å². The summed E-state index contributed by atoms with van der Waals surface area (Å²) in [5.74, 6) is -0.207. The van der Waals surface area contributed by atoms with Crippen LogP contribution in [0.4, 0.5) is 11.4 Å². The van der Waals surface area contributed by atoms with Gasteiger partial charge in [-0.1, -0.05) is 97.1 Å². The molecule has 0 saturated carbocycles. The van der Waals surface area contributed by atoms with Gasteiger partial charge in [-0.25, -0.2) is 0 Å². The largest absolute Gasteiger partial charge is 0.331 e. The van der Waals surface area contributed by atoms with Crippen molar-refractivity contribution in [2.75, 3.05) is 22.9 Å². The summed E-state index contributed by atoms with van der Waals surface area (Å²) >= 11 is 11.8. The molecule has 4 aromatic carbocycles. The molecule has 6 nitrogen and oxygen atoms in total. The van der Waals surface area contributed by atoms with E-state index in [0.29, 0.717) is 23.3 Å². The predicted molar refractivity (Wildman–Crippen MR) is 165 cm³/mol. The Hall–Kier alpha value is -4.40. The highest BCUT2D eigenvalue weighted by atomic mass is 32.1. The van der Waals surface area contributed by atoms with Crippen LogP contribution in [0, 0.1) is 0 Å². The van der Waals surface area contributed by atoms with Crippen molar-refractivity contribution in [3.8, 4) is 0 Å². The van der Waals surface area contributed by atoms with Crippen LogP contribution in [0.1, 0.15) is 23.2 Å². The molecule has 6 rings (SSSR count). The third-order valence-electron chi connectivity index (χ3n) is 7.25. The molecule has 2 atom stereocenters. The maximum absolute atomic E-state index is 13.9. The van der Waals surface area contributed by atoms with Crippen LogP contribution in [0.5, 0.6) is 0 Å². The first-order valence-corrected chi connectivity index (χ1v) is 13.9. The van der Waals surface area contributed by atoms with E-state index in [1.807, 2.05) is 131 Å². The first-order chi connectivity index (χ1) is 19.6. The fraction of sp³-hybridized carbons (Fsp3) is 0.125. The minimum Gasteiger partial charge on any atom is -0.331 e. The quantitative estimate of drug-likeness (QED) is 0.268. The molecule has 2 fully saturated rings. The molecule has 0 N–H and O–H groups in total. The molecule has 2 amide bonds. The van der Waals surface area contributed by atoms with E-state index in [1.54, 1.807) is 9.80 Å². The lowest BCUT2D eigenvalue weighted by atomic mass is 10.0. The maximum atomic E-state index is 13.9. The van der Waals surface area contributed by atoms with Gasteiger partial charge in [0.25, 0.3) is 11.8 Å². The average molecular weight is 563 g/mol. The fourth-order valence-electron chi connectivity index (χ4n) is 5.39. The molecular formula is C32H26N4O2S2. The summed E-state index contributed by atoms with van der Waals surface area (Å²) in [7, 11) is 0. The van der Waals surface area contributed by atoms with Crippen LogP contribution in [-0.4, -0.2) is 44.9 Å². The van der Waals surface area contributed by atoms with Crippen molar-refractivity contribution >= 4 is 57.8 Å². The molecule has 4 aromatic rings. The molecule has 2 heterocycles. The SMILES string of the molecule is O=C1C(c2ccccc2)N(CCN2C(=S)N(c3ccccc3)C(=O)C2c2ccccc2)C(=S)N1c1ccccc1. The standard InChI is InChI=1S/C32H26N4O2S2/c37-29-27(23-13-5-1-6-14-23)33(31(39)35(29)25-17-9-3-10-18-25)21-22-34-28(24-15-7-2-8-16-24)30(38)36(32(34)40)26-19-11-4-12-20-26/h1-20,27-28H,21-22H2. The zero-order valence-corrected chi connectivity index (χ0v) is 23.2. The number of hydrogen-bond donors (Lipinski definition) is 0. The number of anilines is 2. The molecule has 2 aliphatic heterocycles. The van der Waals surface area contributed by atoms with Gasteiger partial charge >= 0.3 is 0 Å². The Morgan fingerprint density at radius 2 is 0.775 bits per heavy atom. The molecule has 40 heavy (non-hydrogen) atoms. The Bertz CT molecular complexity index is 1430. The van der Waals surface area contributed by atoms with Crippen LogP contribution >= 0.6 is 24.4 Å². The number of nitrogens with zero attached hydrogens (tertiary/aromatic N) is 4. The Balaban J connectivity index is 1.34. The van der Waals surface area contributed by atoms with Crippen LogP contribution in [0.15, 0.2) is 121 Å². The Labute approximate surface area is 244 Å². The van der Waals surface area contributed by atoms with Gasteiger partial charge in [-0.15, -0.1) is 0 Å². The van der Waals surface area contributed by atoms with Crippen molar-refractivity contribution in [3.05, 3.63) is 132 Å². The minimum absolute atomic E-state index is 0.104.